The fourth-order valence-electron chi connectivity index (χ4n) is 3.18. The molecule has 0 N–H and O–H groups in total. The largest absolute Gasteiger partial charge is 0.497 e. The van der Waals surface area contributed by atoms with Crippen molar-refractivity contribution in [1.82, 2.24) is 9.88 Å². The summed E-state index contributed by atoms with van der Waals surface area (Å²) in [4.78, 5) is 21.4. The van der Waals surface area contributed by atoms with Gasteiger partial charge in [0, 0.05) is 11.6 Å². The van der Waals surface area contributed by atoms with Crippen molar-refractivity contribution in [2.45, 2.75) is 18.2 Å². The minimum Gasteiger partial charge on any atom is -0.497 e. The molecule has 1 amide bonds. The topological polar surface area (TPSA) is 79.8 Å². The summed E-state index contributed by atoms with van der Waals surface area (Å²) in [6.45, 7) is 2.99. The highest BCUT2D eigenvalue weighted by Gasteiger charge is 2.27. The van der Waals surface area contributed by atoms with Crippen LogP contribution in [0.3, 0.4) is 0 Å². The molecule has 32 heavy (non-hydrogen) atoms. The number of sulfone groups is 1. The number of amides is 1. The van der Waals surface area contributed by atoms with Crippen molar-refractivity contribution < 1.29 is 17.9 Å². The molecule has 3 aromatic rings. The fraction of sp³-hybridized carbons (Fsp3) is 0.364. The van der Waals surface area contributed by atoms with Crippen molar-refractivity contribution in [3.05, 3.63) is 47.0 Å². The Hall–Kier alpha value is -2.20. The molecule has 0 saturated carbocycles. The predicted octanol–water partition coefficient (Wildman–Crippen LogP) is 4.03. The highest BCUT2D eigenvalue weighted by molar-refractivity contribution is 7.92. The van der Waals surface area contributed by atoms with Gasteiger partial charge in [0.25, 0.3) is 0 Å². The van der Waals surface area contributed by atoms with Gasteiger partial charge in [-0.05, 0) is 75.9 Å². The van der Waals surface area contributed by atoms with Crippen molar-refractivity contribution in [3.8, 4) is 5.75 Å². The van der Waals surface area contributed by atoms with Crippen LogP contribution < -0.4 is 9.64 Å². The summed E-state index contributed by atoms with van der Waals surface area (Å²) in [6, 6.07) is 9.68. The average Bonchev–Trinajstić information content (AvgIpc) is 3.18. The lowest BCUT2D eigenvalue weighted by atomic mass is 10.2. The van der Waals surface area contributed by atoms with Gasteiger partial charge in [-0.3, -0.25) is 9.69 Å². The van der Waals surface area contributed by atoms with Gasteiger partial charge in [-0.25, -0.2) is 13.4 Å². The smallest absolute Gasteiger partial charge is 0.244 e. The van der Waals surface area contributed by atoms with Gasteiger partial charge in [0.15, 0.2) is 15.0 Å². The van der Waals surface area contributed by atoms with Crippen LogP contribution in [-0.4, -0.2) is 64.3 Å². The molecule has 0 bridgehead atoms. The van der Waals surface area contributed by atoms with E-state index in [-0.39, 0.29) is 4.90 Å². The lowest BCUT2D eigenvalue weighted by Crippen LogP contribution is -2.37. The summed E-state index contributed by atoms with van der Waals surface area (Å²) < 4.78 is 31.8. The molecule has 1 aromatic heterocycles. The van der Waals surface area contributed by atoms with E-state index in [1.54, 1.807) is 18.2 Å². The normalized spacial score (nSPS) is 11.8. The molecule has 0 atom stereocenters. The Morgan fingerprint density at radius 3 is 2.44 bits per heavy atom. The number of rotatable bonds is 9. The molecule has 0 radical (unpaired) electrons. The van der Waals surface area contributed by atoms with Gasteiger partial charge in [-0.1, -0.05) is 22.9 Å². The highest BCUT2D eigenvalue weighted by Crippen LogP contribution is 2.34. The maximum absolute atomic E-state index is 13.2. The molecule has 0 spiro atoms. The second-order valence-electron chi connectivity index (χ2n) is 7.65. The van der Waals surface area contributed by atoms with Gasteiger partial charge in [0.2, 0.25) is 5.91 Å². The number of aromatic nitrogens is 1. The number of carbonyl (C=O) groups excluding carboxylic acids is 1. The number of benzene rings is 2. The van der Waals surface area contributed by atoms with E-state index >= 15 is 0 Å². The van der Waals surface area contributed by atoms with Crippen LogP contribution >= 0.6 is 22.9 Å². The van der Waals surface area contributed by atoms with Crippen molar-refractivity contribution in [1.29, 1.82) is 0 Å². The Kier molecular flexibility index (Phi) is 7.76. The summed E-state index contributed by atoms with van der Waals surface area (Å²) in [5.74, 6) is -0.608. The number of halogens is 1. The van der Waals surface area contributed by atoms with E-state index in [4.69, 9.17) is 16.3 Å². The lowest BCUT2D eigenvalue weighted by Gasteiger charge is -2.21. The van der Waals surface area contributed by atoms with Crippen LogP contribution in [0.5, 0.6) is 5.75 Å². The maximum Gasteiger partial charge on any atom is 0.244 e. The van der Waals surface area contributed by atoms with Gasteiger partial charge >= 0.3 is 0 Å². The first kappa shape index (κ1) is 24.4. The SMILES string of the molecule is COc1ccc(S(=O)(=O)CC(=O)N(CCCN(C)C)c2nc3c(C)c(Cl)ccc3s2)cc1. The molecular weight excluding hydrogens is 470 g/mol. The number of hydrogen-bond acceptors (Lipinski definition) is 7. The summed E-state index contributed by atoms with van der Waals surface area (Å²) in [5, 5.41) is 1.07. The Morgan fingerprint density at radius 2 is 1.81 bits per heavy atom. The van der Waals surface area contributed by atoms with Gasteiger partial charge in [-0.15, -0.1) is 0 Å². The fourth-order valence-corrected chi connectivity index (χ4v) is 5.60. The Bertz CT molecular complexity index is 1210. The molecule has 7 nitrogen and oxygen atoms in total. The zero-order valence-corrected chi connectivity index (χ0v) is 20.9. The monoisotopic (exact) mass is 495 g/mol. The first-order valence-corrected chi connectivity index (χ1v) is 12.8. The van der Waals surface area contributed by atoms with Crippen LogP contribution in [0.15, 0.2) is 41.3 Å². The Balaban J connectivity index is 1.90. The van der Waals surface area contributed by atoms with Gasteiger partial charge in [-0.2, -0.15) is 0 Å². The third kappa shape index (κ3) is 5.58. The highest BCUT2D eigenvalue weighted by atomic mass is 35.5. The van der Waals surface area contributed by atoms with Crippen LogP contribution in [0.25, 0.3) is 10.2 Å². The summed E-state index contributed by atoms with van der Waals surface area (Å²) in [6.07, 6.45) is 0.678. The van der Waals surface area contributed by atoms with E-state index in [0.717, 1.165) is 22.3 Å². The van der Waals surface area contributed by atoms with Crippen molar-refractivity contribution in [2.24, 2.45) is 0 Å². The van der Waals surface area contributed by atoms with Crippen LogP contribution in [0.2, 0.25) is 5.02 Å². The second-order valence-corrected chi connectivity index (χ2v) is 11.1. The molecule has 0 saturated heterocycles. The van der Waals surface area contributed by atoms with E-state index in [0.29, 0.717) is 28.9 Å². The zero-order valence-electron chi connectivity index (χ0n) is 18.5. The first-order valence-electron chi connectivity index (χ1n) is 10.00. The van der Waals surface area contributed by atoms with Gasteiger partial charge in [0.05, 0.1) is 22.2 Å². The van der Waals surface area contributed by atoms with Crippen molar-refractivity contribution in [2.75, 3.05) is 44.9 Å². The van der Waals surface area contributed by atoms with Crippen molar-refractivity contribution in [3.63, 3.8) is 0 Å². The predicted molar refractivity (Wildman–Crippen MR) is 130 cm³/mol. The number of ether oxygens (including phenoxy) is 1. The Morgan fingerprint density at radius 1 is 1.12 bits per heavy atom. The van der Waals surface area contributed by atoms with E-state index in [9.17, 15) is 13.2 Å². The molecule has 0 fully saturated rings. The van der Waals surface area contributed by atoms with Crippen LogP contribution in [0.4, 0.5) is 5.13 Å². The third-order valence-electron chi connectivity index (χ3n) is 4.99. The zero-order chi connectivity index (χ0) is 23.5. The second kappa shape index (κ2) is 10.2. The van der Waals surface area contributed by atoms with E-state index in [2.05, 4.69) is 4.98 Å². The van der Waals surface area contributed by atoms with Crippen LogP contribution in [-0.2, 0) is 14.6 Å². The molecule has 10 heteroatoms. The summed E-state index contributed by atoms with van der Waals surface area (Å²) in [5.41, 5.74) is 1.55. The molecule has 172 valence electrons. The molecule has 0 unspecified atom stereocenters. The maximum atomic E-state index is 13.2. The number of carbonyl (C=O) groups is 1. The minimum absolute atomic E-state index is 0.0758. The molecule has 0 aliphatic carbocycles. The van der Waals surface area contributed by atoms with E-state index in [1.165, 1.54) is 35.5 Å². The Labute approximate surface area is 197 Å². The van der Waals surface area contributed by atoms with Crippen LogP contribution in [0, 0.1) is 6.92 Å². The summed E-state index contributed by atoms with van der Waals surface area (Å²) >= 11 is 7.58. The standard InChI is InChI=1S/C22H26ClN3O4S2/c1-15-18(23)10-11-19-21(15)24-22(31-19)26(13-5-12-25(2)3)20(27)14-32(28,29)17-8-6-16(30-4)7-9-17/h6-11H,5,12-14H2,1-4H3. The summed E-state index contributed by atoms with van der Waals surface area (Å²) in [7, 11) is 1.58. The van der Waals surface area contributed by atoms with E-state index < -0.39 is 21.5 Å². The number of methoxy groups -OCH3 is 1. The molecular formula is C22H26ClN3O4S2. The first-order chi connectivity index (χ1) is 15.1. The third-order valence-corrected chi connectivity index (χ3v) is 8.06. The number of fused-ring (bicyclic) bond motifs is 1. The molecule has 1 heterocycles. The number of anilines is 1. The van der Waals surface area contributed by atoms with Gasteiger partial charge in [0.1, 0.15) is 11.5 Å². The number of nitrogens with zero attached hydrogens (tertiary/aromatic N) is 3. The van der Waals surface area contributed by atoms with Crippen molar-refractivity contribution >= 4 is 54.0 Å². The molecule has 2 aromatic carbocycles. The average molecular weight is 496 g/mol. The van der Waals surface area contributed by atoms with E-state index in [1.807, 2.05) is 32.0 Å². The lowest BCUT2D eigenvalue weighted by molar-refractivity contribution is -0.116. The number of thiazole rings is 1. The number of aryl methyl sites for hydroxylation is 1. The van der Waals surface area contributed by atoms with Gasteiger partial charge < -0.3 is 9.64 Å². The van der Waals surface area contributed by atoms with Crippen LogP contribution in [0.1, 0.15) is 12.0 Å². The molecule has 3 rings (SSSR count). The minimum atomic E-state index is -3.83. The quantitative estimate of drug-likeness (QED) is 0.446. The molecule has 0 aliphatic rings. The molecule has 0 aliphatic heterocycles. The number of hydrogen-bond donors (Lipinski definition) is 0.